The summed E-state index contributed by atoms with van der Waals surface area (Å²) in [6, 6.07) is 12.3. The normalized spacial score (nSPS) is 11.1. The lowest BCUT2D eigenvalue weighted by Gasteiger charge is -2.15. The molecule has 0 atom stereocenters. The first-order valence-electron chi connectivity index (χ1n) is 10.4. The summed E-state index contributed by atoms with van der Waals surface area (Å²) in [6.45, 7) is 6.50. The van der Waals surface area contributed by atoms with Gasteiger partial charge in [-0.3, -0.25) is 4.79 Å². The molecule has 0 aromatic heterocycles. The molecule has 2 aromatic rings. The Kier molecular flexibility index (Phi) is 10.1. The van der Waals surface area contributed by atoms with Crippen molar-refractivity contribution in [1.82, 2.24) is 5.32 Å². The number of benzene rings is 2. The van der Waals surface area contributed by atoms with Crippen molar-refractivity contribution in [2.24, 2.45) is 0 Å². The monoisotopic (exact) mass is 514 g/mol. The Morgan fingerprint density at radius 3 is 2.52 bits per heavy atom. The number of nitrogens with zero attached hydrogens (tertiary/aromatic N) is 1. The lowest BCUT2D eigenvalue weighted by molar-refractivity contribution is -0.136. The summed E-state index contributed by atoms with van der Waals surface area (Å²) < 4.78 is 16.9. The number of ether oxygens (including phenoxy) is 3. The lowest BCUT2D eigenvalue weighted by Crippen LogP contribution is -2.27. The minimum Gasteiger partial charge on any atom is -0.482 e. The minimum absolute atomic E-state index is 0.0324. The van der Waals surface area contributed by atoms with Gasteiger partial charge in [0.1, 0.15) is 23.1 Å². The molecule has 8 heteroatoms. The van der Waals surface area contributed by atoms with Crippen molar-refractivity contribution in [2.45, 2.75) is 26.7 Å². The number of hydrogen-bond donors (Lipinski definition) is 1. The molecule has 1 amide bonds. The van der Waals surface area contributed by atoms with Gasteiger partial charge in [-0.2, -0.15) is 5.26 Å². The van der Waals surface area contributed by atoms with Crippen molar-refractivity contribution in [2.75, 3.05) is 26.9 Å². The zero-order valence-corrected chi connectivity index (χ0v) is 20.7. The summed E-state index contributed by atoms with van der Waals surface area (Å²) in [5.41, 5.74) is 2.60. The van der Waals surface area contributed by atoms with Crippen LogP contribution >= 0.6 is 15.9 Å². The van der Waals surface area contributed by atoms with E-state index in [1.54, 1.807) is 24.3 Å². The number of nitriles is 1. The highest BCUT2D eigenvalue weighted by molar-refractivity contribution is 9.10. The van der Waals surface area contributed by atoms with Gasteiger partial charge in [0.05, 0.1) is 6.61 Å². The summed E-state index contributed by atoms with van der Waals surface area (Å²) in [7, 11) is 1.53. The van der Waals surface area contributed by atoms with Gasteiger partial charge in [-0.05, 0) is 59.9 Å². The highest BCUT2D eigenvalue weighted by atomic mass is 79.9. The summed E-state index contributed by atoms with van der Waals surface area (Å²) >= 11 is 3.52. The third-order valence-corrected chi connectivity index (χ3v) is 5.49. The number of nitrogens with one attached hydrogen (secondary N) is 1. The Morgan fingerprint density at radius 1 is 1.21 bits per heavy atom. The zero-order valence-electron chi connectivity index (χ0n) is 19.1. The van der Waals surface area contributed by atoms with Crippen molar-refractivity contribution in [3.05, 3.63) is 63.1 Å². The third kappa shape index (κ3) is 8.04. The number of amides is 1. The summed E-state index contributed by atoms with van der Waals surface area (Å²) in [4.78, 5) is 24.3. The summed E-state index contributed by atoms with van der Waals surface area (Å²) in [5.74, 6) is 0.194. The second-order valence-corrected chi connectivity index (χ2v) is 8.40. The van der Waals surface area contributed by atoms with E-state index in [0.717, 1.165) is 15.6 Å². The number of rotatable bonds is 10. The Hall–Kier alpha value is -3.15. The number of hydrogen-bond acceptors (Lipinski definition) is 6. The van der Waals surface area contributed by atoms with Crippen molar-refractivity contribution in [1.29, 1.82) is 5.26 Å². The zero-order chi connectivity index (χ0) is 24.4. The topological polar surface area (TPSA) is 97.6 Å². The van der Waals surface area contributed by atoms with Crippen molar-refractivity contribution < 1.29 is 23.8 Å². The number of esters is 1. The number of carbonyl (C=O) groups excluding carboxylic acids is 2. The van der Waals surface area contributed by atoms with Gasteiger partial charge in [-0.25, -0.2) is 4.79 Å². The summed E-state index contributed by atoms with van der Waals surface area (Å²) in [6.07, 6.45) is 1.46. The molecule has 0 bridgehead atoms. The van der Waals surface area contributed by atoms with Gasteiger partial charge in [0.15, 0.2) is 6.61 Å². The first kappa shape index (κ1) is 26.1. The van der Waals surface area contributed by atoms with Crippen LogP contribution in [-0.4, -0.2) is 38.7 Å². The predicted octanol–water partition coefficient (Wildman–Crippen LogP) is 4.53. The fourth-order valence-corrected chi connectivity index (χ4v) is 3.21. The molecule has 0 spiro atoms. The number of halogens is 1. The molecule has 174 valence electrons. The molecule has 2 aromatic carbocycles. The second kappa shape index (κ2) is 12.8. The Balaban J connectivity index is 1.98. The predicted molar refractivity (Wildman–Crippen MR) is 129 cm³/mol. The smallest absolute Gasteiger partial charge is 0.349 e. The van der Waals surface area contributed by atoms with Crippen LogP contribution in [0.4, 0.5) is 0 Å². The standard InChI is InChI=1S/C25H27BrN2O5/c1-16(2)21-13-22(26)17(3)11-23(21)32-15-24(29)33-20-7-5-18(6-8-20)12-19(14-27)25(30)28-9-10-31-4/h5-8,11-13,16H,9-10,15H2,1-4H3,(H,28,30)/b19-12+. The molecule has 33 heavy (non-hydrogen) atoms. The second-order valence-electron chi connectivity index (χ2n) is 7.54. The molecule has 0 saturated heterocycles. The van der Waals surface area contributed by atoms with Crippen LogP contribution in [0.2, 0.25) is 0 Å². The molecule has 0 fully saturated rings. The van der Waals surface area contributed by atoms with Gasteiger partial charge in [-0.15, -0.1) is 0 Å². The van der Waals surface area contributed by atoms with Crippen LogP contribution in [0.1, 0.15) is 36.5 Å². The molecular weight excluding hydrogens is 488 g/mol. The van der Waals surface area contributed by atoms with Crippen LogP contribution in [0, 0.1) is 18.3 Å². The first-order valence-corrected chi connectivity index (χ1v) is 11.2. The average Bonchev–Trinajstić information content (AvgIpc) is 2.79. The van der Waals surface area contributed by atoms with Gasteiger partial charge >= 0.3 is 5.97 Å². The van der Waals surface area contributed by atoms with E-state index in [1.165, 1.54) is 13.2 Å². The summed E-state index contributed by atoms with van der Waals surface area (Å²) in [5, 5.41) is 11.8. The maximum atomic E-state index is 12.3. The van der Waals surface area contributed by atoms with E-state index in [0.29, 0.717) is 30.2 Å². The molecule has 0 unspecified atom stereocenters. The highest BCUT2D eigenvalue weighted by Gasteiger charge is 2.14. The molecule has 2 rings (SSSR count). The largest absolute Gasteiger partial charge is 0.482 e. The van der Waals surface area contributed by atoms with Crippen LogP contribution in [0.25, 0.3) is 6.08 Å². The van der Waals surface area contributed by atoms with Crippen LogP contribution in [0.3, 0.4) is 0 Å². The molecule has 0 radical (unpaired) electrons. The van der Waals surface area contributed by atoms with E-state index >= 15 is 0 Å². The minimum atomic E-state index is -0.538. The van der Waals surface area contributed by atoms with E-state index in [9.17, 15) is 14.9 Å². The van der Waals surface area contributed by atoms with E-state index < -0.39 is 11.9 Å². The fraction of sp³-hybridized carbons (Fsp3) is 0.320. The molecule has 7 nitrogen and oxygen atoms in total. The van der Waals surface area contributed by atoms with Crippen LogP contribution in [-0.2, 0) is 14.3 Å². The molecule has 0 aliphatic rings. The Labute approximate surface area is 202 Å². The molecule has 0 saturated carbocycles. The molecular formula is C25H27BrN2O5. The van der Waals surface area contributed by atoms with E-state index in [1.807, 2.05) is 25.1 Å². The molecule has 0 aliphatic heterocycles. The quantitative estimate of drug-likeness (QED) is 0.164. The van der Waals surface area contributed by atoms with Gasteiger partial charge < -0.3 is 19.5 Å². The number of aryl methyl sites for hydroxylation is 1. The Bertz CT molecular complexity index is 1060. The lowest BCUT2D eigenvalue weighted by atomic mass is 10.0. The van der Waals surface area contributed by atoms with Gasteiger partial charge in [0.25, 0.3) is 5.91 Å². The maximum Gasteiger partial charge on any atom is 0.349 e. The van der Waals surface area contributed by atoms with Gasteiger partial charge in [-0.1, -0.05) is 41.9 Å². The molecule has 0 aliphatic carbocycles. The molecule has 1 N–H and O–H groups in total. The van der Waals surface area contributed by atoms with Crippen molar-refractivity contribution in [3.8, 4) is 17.6 Å². The van der Waals surface area contributed by atoms with E-state index in [-0.39, 0.29) is 18.1 Å². The Morgan fingerprint density at radius 2 is 1.91 bits per heavy atom. The SMILES string of the molecule is COCCNC(=O)/C(C#N)=C/c1ccc(OC(=O)COc2cc(C)c(Br)cc2C(C)C)cc1. The number of methoxy groups -OCH3 is 1. The van der Waals surface area contributed by atoms with Crippen LogP contribution in [0.5, 0.6) is 11.5 Å². The van der Waals surface area contributed by atoms with Crippen molar-refractivity contribution >= 4 is 33.9 Å². The van der Waals surface area contributed by atoms with Crippen LogP contribution in [0.15, 0.2) is 46.4 Å². The first-order chi connectivity index (χ1) is 15.7. The maximum absolute atomic E-state index is 12.3. The highest BCUT2D eigenvalue weighted by Crippen LogP contribution is 2.32. The van der Waals surface area contributed by atoms with Crippen LogP contribution < -0.4 is 14.8 Å². The van der Waals surface area contributed by atoms with Gasteiger partial charge in [0, 0.05) is 18.1 Å². The number of carbonyl (C=O) groups is 2. The van der Waals surface area contributed by atoms with E-state index in [4.69, 9.17) is 14.2 Å². The van der Waals surface area contributed by atoms with E-state index in [2.05, 4.69) is 35.1 Å². The van der Waals surface area contributed by atoms with Gasteiger partial charge in [0.2, 0.25) is 0 Å². The van der Waals surface area contributed by atoms with Crippen molar-refractivity contribution in [3.63, 3.8) is 0 Å². The molecule has 0 heterocycles. The third-order valence-electron chi connectivity index (χ3n) is 4.64. The average molecular weight is 515 g/mol. The fourth-order valence-electron chi connectivity index (χ4n) is 2.85.